The van der Waals surface area contributed by atoms with Crippen molar-refractivity contribution < 1.29 is 18.0 Å². The van der Waals surface area contributed by atoms with E-state index in [1.165, 1.54) is 12.1 Å². The van der Waals surface area contributed by atoms with E-state index in [0.717, 1.165) is 31.5 Å². The molecule has 7 nitrogen and oxygen atoms in total. The smallest absolute Gasteiger partial charge is 0.261 e. The Morgan fingerprint density at radius 1 is 0.933 bits per heavy atom. The van der Waals surface area contributed by atoms with E-state index in [2.05, 4.69) is 10.0 Å². The van der Waals surface area contributed by atoms with Gasteiger partial charge in [-0.15, -0.1) is 0 Å². The van der Waals surface area contributed by atoms with Gasteiger partial charge < -0.3 is 10.2 Å². The molecule has 2 N–H and O–H groups in total. The summed E-state index contributed by atoms with van der Waals surface area (Å²) in [7, 11) is -3.76. The SMILES string of the molecule is CC(C)C(=O)Nc1ccc(S(=O)(=O)Nc2ccc(CC(=O)N3CCCC3)cc2)cc1. The largest absolute Gasteiger partial charge is 0.342 e. The fourth-order valence-electron chi connectivity index (χ4n) is 3.16. The van der Waals surface area contributed by atoms with E-state index in [0.29, 0.717) is 17.8 Å². The highest BCUT2D eigenvalue weighted by atomic mass is 32.2. The molecule has 1 aliphatic heterocycles. The second-order valence-corrected chi connectivity index (χ2v) is 9.42. The molecule has 1 saturated heterocycles. The molecule has 2 amide bonds. The number of sulfonamides is 1. The van der Waals surface area contributed by atoms with Crippen molar-refractivity contribution in [2.75, 3.05) is 23.1 Å². The highest BCUT2D eigenvalue weighted by Crippen LogP contribution is 2.20. The molecule has 1 aliphatic rings. The molecule has 1 heterocycles. The van der Waals surface area contributed by atoms with Crippen LogP contribution in [0.15, 0.2) is 53.4 Å². The van der Waals surface area contributed by atoms with Crippen LogP contribution in [0.1, 0.15) is 32.3 Å². The van der Waals surface area contributed by atoms with Crippen LogP contribution >= 0.6 is 0 Å². The maximum atomic E-state index is 12.6. The molecule has 0 aliphatic carbocycles. The summed E-state index contributed by atoms with van der Waals surface area (Å²) in [6.45, 7) is 5.20. The predicted molar refractivity (Wildman–Crippen MR) is 117 cm³/mol. The first-order chi connectivity index (χ1) is 14.2. The minimum Gasteiger partial charge on any atom is -0.342 e. The maximum absolute atomic E-state index is 12.6. The lowest BCUT2D eigenvalue weighted by Gasteiger charge is -2.15. The lowest BCUT2D eigenvalue weighted by molar-refractivity contribution is -0.129. The average molecular weight is 430 g/mol. The molecule has 8 heteroatoms. The van der Waals surface area contributed by atoms with Gasteiger partial charge in [0.1, 0.15) is 0 Å². The van der Waals surface area contributed by atoms with E-state index >= 15 is 0 Å². The first kappa shape index (κ1) is 21.8. The molecule has 30 heavy (non-hydrogen) atoms. The number of rotatable bonds is 7. The normalized spacial score (nSPS) is 14.0. The van der Waals surface area contributed by atoms with Gasteiger partial charge in [0.25, 0.3) is 10.0 Å². The number of nitrogens with one attached hydrogen (secondary N) is 2. The molecular formula is C22H27N3O4S. The van der Waals surface area contributed by atoms with E-state index in [4.69, 9.17) is 0 Å². The fraction of sp³-hybridized carbons (Fsp3) is 0.364. The van der Waals surface area contributed by atoms with Gasteiger partial charge in [-0.05, 0) is 54.8 Å². The Labute approximate surface area is 177 Å². The fourth-order valence-corrected chi connectivity index (χ4v) is 4.22. The molecule has 0 atom stereocenters. The van der Waals surface area contributed by atoms with E-state index in [1.54, 1.807) is 50.2 Å². The monoisotopic (exact) mass is 429 g/mol. The lowest BCUT2D eigenvalue weighted by Crippen LogP contribution is -2.29. The molecule has 0 spiro atoms. The van der Waals surface area contributed by atoms with Crippen LogP contribution in [-0.2, 0) is 26.0 Å². The Balaban J connectivity index is 1.62. The van der Waals surface area contributed by atoms with Gasteiger partial charge in [0.05, 0.1) is 11.3 Å². The Hall–Kier alpha value is -2.87. The Morgan fingerprint density at radius 3 is 2.07 bits per heavy atom. The van der Waals surface area contributed by atoms with Gasteiger partial charge in [-0.2, -0.15) is 0 Å². The lowest BCUT2D eigenvalue weighted by atomic mass is 10.1. The molecule has 2 aromatic rings. The summed E-state index contributed by atoms with van der Waals surface area (Å²) in [5.41, 5.74) is 1.81. The summed E-state index contributed by atoms with van der Waals surface area (Å²) < 4.78 is 27.8. The third kappa shape index (κ3) is 5.60. The standard InChI is InChI=1S/C22H27N3O4S/c1-16(2)22(27)23-18-9-11-20(12-10-18)30(28,29)24-19-7-5-17(6-8-19)15-21(26)25-13-3-4-14-25/h5-12,16,24H,3-4,13-15H2,1-2H3,(H,23,27). The van der Waals surface area contributed by atoms with Crippen molar-refractivity contribution in [3.8, 4) is 0 Å². The van der Waals surface area contributed by atoms with Crippen LogP contribution in [0.5, 0.6) is 0 Å². The van der Waals surface area contributed by atoms with Crippen molar-refractivity contribution in [2.24, 2.45) is 5.92 Å². The summed E-state index contributed by atoms with van der Waals surface area (Å²) in [5.74, 6) is -0.193. The van der Waals surface area contributed by atoms with Gasteiger partial charge in [0.15, 0.2) is 0 Å². The highest BCUT2D eigenvalue weighted by molar-refractivity contribution is 7.92. The van der Waals surface area contributed by atoms with Crippen molar-refractivity contribution in [3.05, 3.63) is 54.1 Å². The quantitative estimate of drug-likeness (QED) is 0.706. The zero-order valence-corrected chi connectivity index (χ0v) is 18.0. The Morgan fingerprint density at radius 2 is 1.50 bits per heavy atom. The number of nitrogens with zero attached hydrogens (tertiary/aromatic N) is 1. The van der Waals surface area contributed by atoms with Crippen LogP contribution < -0.4 is 10.0 Å². The number of benzene rings is 2. The maximum Gasteiger partial charge on any atom is 0.261 e. The van der Waals surface area contributed by atoms with Crippen molar-refractivity contribution in [1.29, 1.82) is 0 Å². The van der Waals surface area contributed by atoms with Gasteiger partial charge in [-0.1, -0.05) is 26.0 Å². The second-order valence-electron chi connectivity index (χ2n) is 7.74. The van der Waals surface area contributed by atoms with E-state index in [9.17, 15) is 18.0 Å². The van der Waals surface area contributed by atoms with E-state index < -0.39 is 10.0 Å². The molecule has 0 radical (unpaired) electrons. The van der Waals surface area contributed by atoms with Gasteiger partial charge in [-0.3, -0.25) is 14.3 Å². The molecule has 1 fully saturated rings. The molecule has 0 bridgehead atoms. The van der Waals surface area contributed by atoms with E-state index in [1.807, 2.05) is 4.90 Å². The topological polar surface area (TPSA) is 95.6 Å². The highest BCUT2D eigenvalue weighted by Gasteiger charge is 2.18. The minimum atomic E-state index is -3.76. The summed E-state index contributed by atoms with van der Waals surface area (Å²) in [6, 6.07) is 12.8. The van der Waals surface area contributed by atoms with Crippen molar-refractivity contribution in [2.45, 2.75) is 38.0 Å². The first-order valence-electron chi connectivity index (χ1n) is 10.0. The van der Waals surface area contributed by atoms with E-state index in [-0.39, 0.29) is 22.6 Å². The molecule has 160 valence electrons. The van der Waals surface area contributed by atoms with Crippen molar-refractivity contribution in [1.82, 2.24) is 4.90 Å². The number of carbonyl (C=O) groups is 2. The van der Waals surface area contributed by atoms with Crippen LogP contribution in [0.3, 0.4) is 0 Å². The van der Waals surface area contributed by atoms with Gasteiger partial charge in [-0.25, -0.2) is 8.42 Å². The zero-order chi connectivity index (χ0) is 21.7. The first-order valence-corrected chi connectivity index (χ1v) is 11.5. The summed E-state index contributed by atoms with van der Waals surface area (Å²) in [6.07, 6.45) is 2.42. The number of hydrogen-bond acceptors (Lipinski definition) is 4. The Kier molecular flexibility index (Phi) is 6.77. The van der Waals surface area contributed by atoms with Crippen molar-refractivity contribution in [3.63, 3.8) is 0 Å². The van der Waals surface area contributed by atoms with Crippen molar-refractivity contribution >= 4 is 33.2 Å². The molecular weight excluding hydrogens is 402 g/mol. The van der Waals surface area contributed by atoms with Crippen LogP contribution in [-0.4, -0.2) is 38.2 Å². The van der Waals surface area contributed by atoms with Gasteiger partial charge in [0, 0.05) is 30.4 Å². The molecule has 0 unspecified atom stereocenters. The average Bonchev–Trinajstić information content (AvgIpc) is 3.24. The summed E-state index contributed by atoms with van der Waals surface area (Å²) in [5, 5.41) is 2.73. The summed E-state index contributed by atoms with van der Waals surface area (Å²) in [4.78, 5) is 25.9. The minimum absolute atomic E-state index is 0.0957. The summed E-state index contributed by atoms with van der Waals surface area (Å²) >= 11 is 0. The number of hydrogen-bond donors (Lipinski definition) is 2. The number of anilines is 2. The molecule has 3 rings (SSSR count). The van der Waals surface area contributed by atoms with Crippen LogP contribution in [0.25, 0.3) is 0 Å². The van der Waals surface area contributed by atoms with Crippen LogP contribution in [0, 0.1) is 5.92 Å². The Bertz CT molecular complexity index is 994. The third-order valence-electron chi connectivity index (χ3n) is 4.98. The van der Waals surface area contributed by atoms with Crippen LogP contribution in [0.4, 0.5) is 11.4 Å². The molecule has 0 saturated carbocycles. The third-order valence-corrected chi connectivity index (χ3v) is 6.37. The number of likely N-dealkylation sites (tertiary alicyclic amines) is 1. The zero-order valence-electron chi connectivity index (χ0n) is 17.2. The van der Waals surface area contributed by atoms with Gasteiger partial charge in [0.2, 0.25) is 11.8 Å². The molecule has 2 aromatic carbocycles. The number of amides is 2. The molecule has 0 aromatic heterocycles. The predicted octanol–water partition coefficient (Wildman–Crippen LogP) is 3.25. The van der Waals surface area contributed by atoms with Crippen LogP contribution in [0.2, 0.25) is 0 Å². The van der Waals surface area contributed by atoms with Gasteiger partial charge >= 0.3 is 0 Å². The number of carbonyl (C=O) groups excluding carboxylic acids is 2. The second kappa shape index (κ2) is 9.30.